The van der Waals surface area contributed by atoms with E-state index in [1.807, 2.05) is 13.8 Å². The summed E-state index contributed by atoms with van der Waals surface area (Å²) in [4.78, 5) is 23.8. The van der Waals surface area contributed by atoms with Crippen LogP contribution in [-0.4, -0.2) is 43.8 Å². The molecule has 0 aliphatic carbocycles. The van der Waals surface area contributed by atoms with Gasteiger partial charge in [0, 0.05) is 18.8 Å². The SMILES string of the molecule is CCC(C)C(NC(N)=O)C(=O)Nc1cccc(S(=O)(=O)N2CCCC2)c1. The van der Waals surface area contributed by atoms with E-state index in [4.69, 9.17) is 5.73 Å². The molecular formula is C17H26N4O4S. The highest BCUT2D eigenvalue weighted by Gasteiger charge is 2.28. The van der Waals surface area contributed by atoms with Gasteiger partial charge in [-0.05, 0) is 37.0 Å². The highest BCUT2D eigenvalue weighted by Crippen LogP contribution is 2.23. The van der Waals surface area contributed by atoms with Crippen molar-refractivity contribution in [3.8, 4) is 0 Å². The molecule has 4 N–H and O–H groups in total. The van der Waals surface area contributed by atoms with Crippen molar-refractivity contribution in [1.29, 1.82) is 0 Å². The number of nitrogens with one attached hydrogen (secondary N) is 2. The van der Waals surface area contributed by atoms with Crippen LogP contribution in [0.4, 0.5) is 10.5 Å². The van der Waals surface area contributed by atoms with Crippen molar-refractivity contribution in [3.05, 3.63) is 24.3 Å². The smallest absolute Gasteiger partial charge is 0.312 e. The number of hydrogen-bond acceptors (Lipinski definition) is 4. The molecule has 2 atom stereocenters. The molecule has 8 nitrogen and oxygen atoms in total. The predicted octanol–water partition coefficient (Wildman–Crippen LogP) is 1.49. The Kier molecular flexibility index (Phi) is 6.60. The molecule has 1 aliphatic rings. The average molecular weight is 382 g/mol. The first-order chi connectivity index (χ1) is 12.3. The number of carbonyl (C=O) groups excluding carboxylic acids is 2. The predicted molar refractivity (Wildman–Crippen MR) is 99.0 cm³/mol. The van der Waals surface area contributed by atoms with Gasteiger partial charge in [0.2, 0.25) is 15.9 Å². The molecule has 0 spiro atoms. The van der Waals surface area contributed by atoms with Gasteiger partial charge in [-0.1, -0.05) is 26.3 Å². The number of nitrogens with zero attached hydrogens (tertiary/aromatic N) is 1. The quantitative estimate of drug-likeness (QED) is 0.661. The number of rotatable bonds is 7. The van der Waals surface area contributed by atoms with Crippen molar-refractivity contribution in [2.45, 2.75) is 44.0 Å². The van der Waals surface area contributed by atoms with Crippen LogP contribution in [-0.2, 0) is 14.8 Å². The van der Waals surface area contributed by atoms with Crippen LogP contribution >= 0.6 is 0 Å². The second-order valence-electron chi connectivity index (χ2n) is 6.50. The number of sulfonamides is 1. The second-order valence-corrected chi connectivity index (χ2v) is 8.44. The molecular weight excluding hydrogens is 356 g/mol. The summed E-state index contributed by atoms with van der Waals surface area (Å²) in [5, 5.41) is 5.11. The molecule has 2 unspecified atom stereocenters. The molecule has 9 heteroatoms. The van der Waals surface area contributed by atoms with Crippen molar-refractivity contribution in [1.82, 2.24) is 9.62 Å². The monoisotopic (exact) mass is 382 g/mol. The molecule has 1 heterocycles. The zero-order valence-corrected chi connectivity index (χ0v) is 15.9. The van der Waals surface area contributed by atoms with E-state index in [1.54, 1.807) is 12.1 Å². The molecule has 1 saturated heterocycles. The third-order valence-corrected chi connectivity index (χ3v) is 6.49. The summed E-state index contributed by atoms with van der Waals surface area (Å²) < 4.78 is 26.7. The Labute approximate surface area is 154 Å². The summed E-state index contributed by atoms with van der Waals surface area (Å²) in [5.41, 5.74) is 5.51. The van der Waals surface area contributed by atoms with Crippen LogP contribution in [0.1, 0.15) is 33.1 Å². The largest absolute Gasteiger partial charge is 0.352 e. The van der Waals surface area contributed by atoms with E-state index >= 15 is 0 Å². The first kappa shape index (κ1) is 20.2. The maximum absolute atomic E-state index is 12.6. The molecule has 1 aromatic carbocycles. The van der Waals surface area contributed by atoms with Crippen LogP contribution in [0.3, 0.4) is 0 Å². The van der Waals surface area contributed by atoms with Gasteiger partial charge in [0.1, 0.15) is 6.04 Å². The standard InChI is InChI=1S/C17H26N4O4S/c1-3-12(2)15(20-17(18)23)16(22)19-13-7-6-8-14(11-13)26(24,25)21-9-4-5-10-21/h6-8,11-12,15H,3-5,9-10H2,1-2H3,(H,19,22)(H3,18,20,23). The first-order valence-corrected chi connectivity index (χ1v) is 10.2. The number of amides is 3. The van der Waals surface area contributed by atoms with E-state index < -0.39 is 28.0 Å². The molecule has 3 amide bonds. The fourth-order valence-corrected chi connectivity index (χ4v) is 4.45. The Morgan fingerprint density at radius 3 is 2.50 bits per heavy atom. The van der Waals surface area contributed by atoms with Crippen LogP contribution in [0.15, 0.2) is 29.2 Å². The lowest BCUT2D eigenvalue weighted by atomic mass is 9.98. The lowest BCUT2D eigenvalue weighted by Gasteiger charge is -2.23. The lowest BCUT2D eigenvalue weighted by Crippen LogP contribution is -2.49. The number of hydrogen-bond donors (Lipinski definition) is 3. The minimum atomic E-state index is -3.56. The molecule has 0 radical (unpaired) electrons. The molecule has 26 heavy (non-hydrogen) atoms. The third kappa shape index (κ3) is 4.73. The lowest BCUT2D eigenvalue weighted by molar-refractivity contribution is -0.119. The summed E-state index contributed by atoms with van der Waals surface area (Å²) in [6.07, 6.45) is 2.37. The number of urea groups is 1. The van der Waals surface area contributed by atoms with Gasteiger partial charge in [0.15, 0.2) is 0 Å². The Balaban J connectivity index is 2.19. The molecule has 144 valence electrons. The molecule has 1 fully saturated rings. The van der Waals surface area contributed by atoms with Crippen molar-refractivity contribution >= 4 is 27.6 Å². The zero-order valence-electron chi connectivity index (χ0n) is 15.1. The summed E-state index contributed by atoms with van der Waals surface area (Å²) in [6.45, 7) is 4.75. The van der Waals surface area contributed by atoms with E-state index in [-0.39, 0.29) is 10.8 Å². The second kappa shape index (κ2) is 8.50. The number of carbonyl (C=O) groups is 2. The van der Waals surface area contributed by atoms with Crippen molar-refractivity contribution < 1.29 is 18.0 Å². The fraction of sp³-hybridized carbons (Fsp3) is 0.529. The van der Waals surface area contributed by atoms with Crippen LogP contribution in [0.2, 0.25) is 0 Å². The first-order valence-electron chi connectivity index (χ1n) is 8.72. The van der Waals surface area contributed by atoms with Gasteiger partial charge in [-0.15, -0.1) is 0 Å². The molecule has 2 rings (SSSR count). The van der Waals surface area contributed by atoms with Gasteiger partial charge < -0.3 is 16.4 Å². The molecule has 1 aromatic rings. The summed E-state index contributed by atoms with van der Waals surface area (Å²) in [6, 6.07) is 4.56. The number of benzene rings is 1. The fourth-order valence-electron chi connectivity index (χ4n) is 2.89. The van der Waals surface area contributed by atoms with Crippen molar-refractivity contribution in [2.75, 3.05) is 18.4 Å². The minimum Gasteiger partial charge on any atom is -0.352 e. The Morgan fingerprint density at radius 2 is 1.92 bits per heavy atom. The van der Waals surface area contributed by atoms with Crippen LogP contribution < -0.4 is 16.4 Å². The maximum Gasteiger partial charge on any atom is 0.312 e. The summed E-state index contributed by atoms with van der Waals surface area (Å²) in [5.74, 6) is -0.562. The normalized spacial score (nSPS) is 17.5. The number of primary amides is 1. The molecule has 0 bridgehead atoms. The molecule has 1 aliphatic heterocycles. The maximum atomic E-state index is 12.6. The highest BCUT2D eigenvalue weighted by molar-refractivity contribution is 7.89. The summed E-state index contributed by atoms with van der Waals surface area (Å²) in [7, 11) is -3.56. The number of nitrogens with two attached hydrogens (primary N) is 1. The van der Waals surface area contributed by atoms with E-state index in [0.717, 1.165) is 12.8 Å². The van der Waals surface area contributed by atoms with E-state index in [9.17, 15) is 18.0 Å². The van der Waals surface area contributed by atoms with Gasteiger partial charge >= 0.3 is 6.03 Å². The van der Waals surface area contributed by atoms with Gasteiger partial charge in [-0.2, -0.15) is 4.31 Å². The Bertz CT molecular complexity index is 760. The topological polar surface area (TPSA) is 122 Å². The molecule has 0 aromatic heterocycles. The van der Waals surface area contributed by atoms with Gasteiger partial charge in [-0.3, -0.25) is 4.79 Å². The van der Waals surface area contributed by atoms with Gasteiger partial charge in [0.05, 0.1) is 4.90 Å². The average Bonchev–Trinajstić information content (AvgIpc) is 3.14. The van der Waals surface area contributed by atoms with Crippen molar-refractivity contribution in [2.24, 2.45) is 11.7 Å². The van der Waals surface area contributed by atoms with Gasteiger partial charge in [-0.25, -0.2) is 13.2 Å². The van der Waals surface area contributed by atoms with E-state index in [0.29, 0.717) is 25.2 Å². The minimum absolute atomic E-state index is 0.126. The van der Waals surface area contributed by atoms with E-state index in [2.05, 4.69) is 10.6 Å². The van der Waals surface area contributed by atoms with Crippen LogP contribution in [0.25, 0.3) is 0 Å². The van der Waals surface area contributed by atoms with Crippen molar-refractivity contribution in [3.63, 3.8) is 0 Å². The number of anilines is 1. The van der Waals surface area contributed by atoms with Gasteiger partial charge in [0.25, 0.3) is 0 Å². The Hall–Kier alpha value is -2.13. The third-order valence-electron chi connectivity index (χ3n) is 4.60. The van der Waals surface area contributed by atoms with Crippen LogP contribution in [0.5, 0.6) is 0 Å². The van der Waals surface area contributed by atoms with E-state index in [1.165, 1.54) is 16.4 Å². The molecule has 0 saturated carbocycles. The van der Waals surface area contributed by atoms with Crippen LogP contribution in [0, 0.1) is 5.92 Å². The highest BCUT2D eigenvalue weighted by atomic mass is 32.2. The summed E-state index contributed by atoms with van der Waals surface area (Å²) >= 11 is 0. The zero-order chi connectivity index (χ0) is 19.3. The Morgan fingerprint density at radius 1 is 1.27 bits per heavy atom.